The second-order valence-electron chi connectivity index (χ2n) is 4.61. The van der Waals surface area contributed by atoms with Crippen molar-refractivity contribution in [1.29, 1.82) is 0 Å². The number of rotatable bonds is 5. The van der Waals surface area contributed by atoms with E-state index >= 15 is 0 Å². The number of hydrogen-bond donors (Lipinski definition) is 2. The molecule has 2 fully saturated rings. The molecule has 80 valence electrons. The molecule has 0 spiro atoms. The SMILES string of the molecule is O=C(CNC1CC1)NCC1CCCC1. The summed E-state index contributed by atoms with van der Waals surface area (Å²) in [6.07, 6.45) is 7.79. The first-order chi connectivity index (χ1) is 6.84. The molecule has 1 amide bonds. The average Bonchev–Trinajstić information content (AvgIpc) is 2.87. The molecule has 14 heavy (non-hydrogen) atoms. The monoisotopic (exact) mass is 196 g/mol. The summed E-state index contributed by atoms with van der Waals surface area (Å²) < 4.78 is 0. The molecule has 2 aliphatic rings. The molecule has 0 aliphatic heterocycles. The molecule has 0 unspecified atom stereocenters. The fourth-order valence-corrected chi connectivity index (χ4v) is 2.06. The average molecular weight is 196 g/mol. The topological polar surface area (TPSA) is 41.1 Å². The van der Waals surface area contributed by atoms with Gasteiger partial charge in [0.15, 0.2) is 0 Å². The van der Waals surface area contributed by atoms with Crippen molar-refractivity contribution in [2.45, 2.75) is 44.6 Å². The fraction of sp³-hybridized carbons (Fsp3) is 0.909. The Morgan fingerprint density at radius 3 is 2.50 bits per heavy atom. The van der Waals surface area contributed by atoms with Crippen LogP contribution >= 0.6 is 0 Å². The lowest BCUT2D eigenvalue weighted by Gasteiger charge is -2.10. The Labute approximate surface area is 85.6 Å². The minimum atomic E-state index is 0.170. The zero-order valence-electron chi connectivity index (χ0n) is 8.72. The van der Waals surface area contributed by atoms with Crippen molar-refractivity contribution in [2.75, 3.05) is 13.1 Å². The predicted molar refractivity (Wildman–Crippen MR) is 56.0 cm³/mol. The molecule has 0 bridgehead atoms. The normalized spacial score (nSPS) is 22.6. The molecule has 0 aromatic rings. The highest BCUT2D eigenvalue weighted by atomic mass is 16.1. The summed E-state index contributed by atoms with van der Waals surface area (Å²) in [6.45, 7) is 1.41. The van der Waals surface area contributed by atoms with Crippen molar-refractivity contribution < 1.29 is 4.79 Å². The van der Waals surface area contributed by atoms with Crippen LogP contribution in [-0.2, 0) is 4.79 Å². The van der Waals surface area contributed by atoms with E-state index in [1.54, 1.807) is 0 Å². The van der Waals surface area contributed by atoms with Gasteiger partial charge in [-0.05, 0) is 31.6 Å². The molecule has 0 atom stereocenters. The summed E-state index contributed by atoms with van der Waals surface area (Å²) in [6, 6.07) is 0.632. The summed E-state index contributed by atoms with van der Waals surface area (Å²) in [5, 5.41) is 6.23. The van der Waals surface area contributed by atoms with E-state index in [2.05, 4.69) is 10.6 Å². The smallest absolute Gasteiger partial charge is 0.233 e. The maximum atomic E-state index is 11.4. The summed E-state index contributed by atoms with van der Waals surface area (Å²) in [5.74, 6) is 0.920. The van der Waals surface area contributed by atoms with Gasteiger partial charge in [-0.1, -0.05) is 12.8 Å². The molecule has 0 saturated heterocycles. The molecule has 2 rings (SSSR count). The van der Waals surface area contributed by atoms with Crippen molar-refractivity contribution in [3.63, 3.8) is 0 Å². The molecule has 0 heterocycles. The molecule has 3 nitrogen and oxygen atoms in total. The summed E-state index contributed by atoms with van der Waals surface area (Å²) in [4.78, 5) is 11.4. The summed E-state index contributed by atoms with van der Waals surface area (Å²) in [5.41, 5.74) is 0. The molecular formula is C11H20N2O. The van der Waals surface area contributed by atoms with Crippen LogP contribution in [-0.4, -0.2) is 25.0 Å². The number of nitrogens with one attached hydrogen (secondary N) is 2. The van der Waals surface area contributed by atoms with Gasteiger partial charge in [0.05, 0.1) is 6.54 Å². The first-order valence-electron chi connectivity index (χ1n) is 5.84. The van der Waals surface area contributed by atoms with Crippen molar-refractivity contribution in [3.05, 3.63) is 0 Å². The molecule has 0 aromatic carbocycles. The molecular weight excluding hydrogens is 176 g/mol. The first-order valence-corrected chi connectivity index (χ1v) is 5.84. The molecule has 3 heteroatoms. The number of carbonyl (C=O) groups excluding carboxylic acids is 1. The fourth-order valence-electron chi connectivity index (χ4n) is 2.06. The van der Waals surface area contributed by atoms with Gasteiger partial charge in [-0.3, -0.25) is 4.79 Å². The van der Waals surface area contributed by atoms with Crippen LogP contribution in [0.2, 0.25) is 0 Å². The van der Waals surface area contributed by atoms with E-state index in [0.29, 0.717) is 12.6 Å². The van der Waals surface area contributed by atoms with Crippen LogP contribution in [0.15, 0.2) is 0 Å². The second-order valence-corrected chi connectivity index (χ2v) is 4.61. The van der Waals surface area contributed by atoms with E-state index in [1.807, 2.05) is 0 Å². The third-order valence-corrected chi connectivity index (χ3v) is 3.19. The lowest BCUT2D eigenvalue weighted by atomic mass is 10.1. The highest BCUT2D eigenvalue weighted by Crippen LogP contribution is 2.23. The van der Waals surface area contributed by atoms with Crippen molar-refractivity contribution in [1.82, 2.24) is 10.6 Å². The van der Waals surface area contributed by atoms with Gasteiger partial charge in [0.25, 0.3) is 0 Å². The zero-order valence-corrected chi connectivity index (χ0v) is 8.72. The van der Waals surface area contributed by atoms with Gasteiger partial charge in [0, 0.05) is 12.6 Å². The van der Waals surface area contributed by atoms with Gasteiger partial charge in [-0.2, -0.15) is 0 Å². The Kier molecular flexibility index (Phi) is 3.40. The third-order valence-electron chi connectivity index (χ3n) is 3.19. The Morgan fingerprint density at radius 2 is 1.86 bits per heavy atom. The summed E-state index contributed by atoms with van der Waals surface area (Å²) >= 11 is 0. The van der Waals surface area contributed by atoms with Crippen LogP contribution in [0.4, 0.5) is 0 Å². The highest BCUT2D eigenvalue weighted by Gasteiger charge is 2.21. The predicted octanol–water partition coefficient (Wildman–Crippen LogP) is 1.04. The van der Waals surface area contributed by atoms with Gasteiger partial charge in [-0.15, -0.1) is 0 Å². The molecule has 0 radical (unpaired) electrons. The minimum absolute atomic E-state index is 0.170. The van der Waals surface area contributed by atoms with Gasteiger partial charge in [-0.25, -0.2) is 0 Å². The van der Waals surface area contributed by atoms with Crippen molar-refractivity contribution >= 4 is 5.91 Å². The largest absolute Gasteiger partial charge is 0.355 e. The van der Waals surface area contributed by atoms with Crippen molar-refractivity contribution in [3.8, 4) is 0 Å². The Balaban J connectivity index is 1.52. The van der Waals surface area contributed by atoms with E-state index in [-0.39, 0.29) is 5.91 Å². The lowest BCUT2D eigenvalue weighted by Crippen LogP contribution is -2.36. The third kappa shape index (κ3) is 3.29. The van der Waals surface area contributed by atoms with Gasteiger partial charge >= 0.3 is 0 Å². The van der Waals surface area contributed by atoms with E-state index in [1.165, 1.54) is 38.5 Å². The lowest BCUT2D eigenvalue weighted by molar-refractivity contribution is -0.120. The van der Waals surface area contributed by atoms with Crippen LogP contribution in [0, 0.1) is 5.92 Å². The second kappa shape index (κ2) is 4.78. The van der Waals surface area contributed by atoms with Crippen LogP contribution in [0.5, 0.6) is 0 Å². The van der Waals surface area contributed by atoms with Crippen LogP contribution < -0.4 is 10.6 Å². The Morgan fingerprint density at radius 1 is 1.14 bits per heavy atom. The van der Waals surface area contributed by atoms with Gasteiger partial charge in [0.1, 0.15) is 0 Å². The quantitative estimate of drug-likeness (QED) is 0.690. The first kappa shape index (κ1) is 9.97. The Bertz CT molecular complexity index is 195. The van der Waals surface area contributed by atoms with E-state index in [4.69, 9.17) is 0 Å². The molecule has 0 aromatic heterocycles. The maximum absolute atomic E-state index is 11.4. The number of amides is 1. The van der Waals surface area contributed by atoms with Crippen LogP contribution in [0.1, 0.15) is 38.5 Å². The van der Waals surface area contributed by atoms with Gasteiger partial charge < -0.3 is 10.6 Å². The number of carbonyl (C=O) groups is 1. The number of hydrogen-bond acceptors (Lipinski definition) is 2. The molecule has 2 N–H and O–H groups in total. The minimum Gasteiger partial charge on any atom is -0.355 e. The maximum Gasteiger partial charge on any atom is 0.233 e. The van der Waals surface area contributed by atoms with Crippen LogP contribution in [0.3, 0.4) is 0 Å². The zero-order chi connectivity index (χ0) is 9.80. The van der Waals surface area contributed by atoms with E-state index < -0.39 is 0 Å². The molecule has 2 saturated carbocycles. The van der Waals surface area contributed by atoms with E-state index in [9.17, 15) is 4.79 Å². The standard InChI is InChI=1S/C11H20N2O/c14-11(8-12-10-5-6-10)13-7-9-3-1-2-4-9/h9-10,12H,1-8H2,(H,13,14). The molecule has 2 aliphatic carbocycles. The Hall–Kier alpha value is -0.570. The summed E-state index contributed by atoms with van der Waals surface area (Å²) in [7, 11) is 0. The van der Waals surface area contributed by atoms with Gasteiger partial charge in [0.2, 0.25) is 5.91 Å². The van der Waals surface area contributed by atoms with Crippen molar-refractivity contribution in [2.24, 2.45) is 5.92 Å². The van der Waals surface area contributed by atoms with E-state index in [0.717, 1.165) is 12.5 Å². The highest BCUT2D eigenvalue weighted by molar-refractivity contribution is 5.78. The van der Waals surface area contributed by atoms with Crippen LogP contribution in [0.25, 0.3) is 0 Å².